The number of urea groups is 1. The maximum atomic E-state index is 12.0. The molecule has 0 heterocycles. The number of rotatable bonds is 4. The molecule has 0 unspecified atom stereocenters. The lowest BCUT2D eigenvalue weighted by molar-refractivity contribution is 0.229. The molecular formula is C15H18Cl2N2O2. The van der Waals surface area contributed by atoms with Crippen molar-refractivity contribution < 1.29 is 9.90 Å². The van der Waals surface area contributed by atoms with Crippen LogP contribution < -0.4 is 10.6 Å². The molecule has 0 spiro atoms. The van der Waals surface area contributed by atoms with Crippen LogP contribution in [0.4, 0.5) is 4.79 Å². The van der Waals surface area contributed by atoms with Crippen LogP contribution in [0.25, 0.3) is 0 Å². The third-order valence-electron chi connectivity index (χ3n) is 3.50. The Morgan fingerprint density at radius 2 is 2.19 bits per heavy atom. The van der Waals surface area contributed by atoms with Crippen LogP contribution >= 0.6 is 23.2 Å². The molecule has 1 aromatic carbocycles. The Labute approximate surface area is 134 Å². The van der Waals surface area contributed by atoms with E-state index in [-0.39, 0.29) is 30.6 Å². The SMILES string of the molecule is C[C@@H](NC(=O)N[C@@H]1C=C[C@H](CO)C1)c1ccc(Cl)cc1Cl. The maximum Gasteiger partial charge on any atom is 0.315 e. The van der Waals surface area contributed by atoms with Crippen molar-refractivity contribution in [3.05, 3.63) is 46.0 Å². The third-order valence-corrected chi connectivity index (χ3v) is 4.06. The largest absolute Gasteiger partial charge is 0.396 e. The van der Waals surface area contributed by atoms with Crippen LogP contribution in [-0.2, 0) is 0 Å². The van der Waals surface area contributed by atoms with Crippen LogP contribution in [0.5, 0.6) is 0 Å². The van der Waals surface area contributed by atoms with Gasteiger partial charge in [0.05, 0.1) is 6.04 Å². The van der Waals surface area contributed by atoms with E-state index in [9.17, 15) is 4.79 Å². The average molecular weight is 329 g/mol. The second-order valence-corrected chi connectivity index (χ2v) is 6.02. The number of hydrogen-bond acceptors (Lipinski definition) is 2. The van der Waals surface area contributed by atoms with Gasteiger partial charge in [-0.05, 0) is 31.0 Å². The van der Waals surface area contributed by atoms with Crippen LogP contribution in [0, 0.1) is 5.92 Å². The van der Waals surface area contributed by atoms with Gasteiger partial charge in [0, 0.05) is 28.6 Å². The summed E-state index contributed by atoms with van der Waals surface area (Å²) in [6.07, 6.45) is 4.55. The molecule has 0 saturated heterocycles. The summed E-state index contributed by atoms with van der Waals surface area (Å²) < 4.78 is 0. The molecule has 3 atom stereocenters. The number of nitrogens with one attached hydrogen (secondary N) is 2. The van der Waals surface area contributed by atoms with E-state index in [2.05, 4.69) is 10.6 Å². The number of halogens is 2. The Bertz CT molecular complexity index is 548. The Hall–Kier alpha value is -1.23. The molecule has 0 aliphatic heterocycles. The fraction of sp³-hybridized carbons (Fsp3) is 0.400. The second-order valence-electron chi connectivity index (χ2n) is 5.18. The van der Waals surface area contributed by atoms with Crippen LogP contribution in [0.2, 0.25) is 10.0 Å². The summed E-state index contributed by atoms with van der Waals surface area (Å²) in [5.41, 5.74) is 0.811. The fourth-order valence-electron chi connectivity index (χ4n) is 2.35. The molecule has 0 fully saturated rings. The monoisotopic (exact) mass is 328 g/mol. The van der Waals surface area contributed by atoms with Gasteiger partial charge in [-0.15, -0.1) is 0 Å². The average Bonchev–Trinajstić information content (AvgIpc) is 2.85. The van der Waals surface area contributed by atoms with Gasteiger partial charge in [0.15, 0.2) is 0 Å². The molecule has 1 aromatic rings. The highest BCUT2D eigenvalue weighted by atomic mass is 35.5. The zero-order valence-corrected chi connectivity index (χ0v) is 13.2. The minimum Gasteiger partial charge on any atom is -0.396 e. The zero-order chi connectivity index (χ0) is 15.4. The molecule has 1 aliphatic carbocycles. The van der Waals surface area contributed by atoms with Gasteiger partial charge in [-0.2, -0.15) is 0 Å². The zero-order valence-electron chi connectivity index (χ0n) is 11.6. The van der Waals surface area contributed by atoms with Crippen molar-refractivity contribution in [1.29, 1.82) is 0 Å². The lowest BCUT2D eigenvalue weighted by atomic mass is 10.1. The lowest BCUT2D eigenvalue weighted by Gasteiger charge is -2.19. The van der Waals surface area contributed by atoms with E-state index in [1.165, 1.54) is 0 Å². The van der Waals surface area contributed by atoms with E-state index in [1.807, 2.05) is 19.1 Å². The second kappa shape index (κ2) is 7.16. The van der Waals surface area contributed by atoms with Crippen molar-refractivity contribution in [3.63, 3.8) is 0 Å². The van der Waals surface area contributed by atoms with E-state index >= 15 is 0 Å². The fourth-order valence-corrected chi connectivity index (χ4v) is 2.93. The molecule has 114 valence electrons. The molecule has 2 amide bonds. The summed E-state index contributed by atoms with van der Waals surface area (Å²) in [7, 11) is 0. The van der Waals surface area contributed by atoms with Gasteiger partial charge in [0.1, 0.15) is 0 Å². The first-order chi connectivity index (χ1) is 9.99. The van der Waals surface area contributed by atoms with Gasteiger partial charge in [-0.25, -0.2) is 4.79 Å². The number of carbonyl (C=O) groups excluding carboxylic acids is 1. The first kappa shape index (κ1) is 16.1. The molecule has 2 rings (SSSR count). The van der Waals surface area contributed by atoms with Gasteiger partial charge < -0.3 is 15.7 Å². The maximum absolute atomic E-state index is 12.0. The normalized spacial score (nSPS) is 22.1. The van der Waals surface area contributed by atoms with Crippen LogP contribution in [0.15, 0.2) is 30.4 Å². The van der Waals surface area contributed by atoms with Crippen molar-refractivity contribution in [1.82, 2.24) is 10.6 Å². The third kappa shape index (κ3) is 4.37. The lowest BCUT2D eigenvalue weighted by Crippen LogP contribution is -2.42. The number of aliphatic hydroxyl groups is 1. The number of hydrogen-bond donors (Lipinski definition) is 3. The molecule has 1 aliphatic rings. The summed E-state index contributed by atoms with van der Waals surface area (Å²) in [5, 5.41) is 15.8. The highest BCUT2D eigenvalue weighted by Gasteiger charge is 2.20. The Kier molecular flexibility index (Phi) is 5.51. The Morgan fingerprint density at radius 1 is 1.43 bits per heavy atom. The van der Waals surface area contributed by atoms with Crippen LogP contribution in [0.3, 0.4) is 0 Å². The molecule has 21 heavy (non-hydrogen) atoms. The first-order valence-corrected chi connectivity index (χ1v) is 7.56. The summed E-state index contributed by atoms with van der Waals surface area (Å²) >= 11 is 12.0. The van der Waals surface area contributed by atoms with Crippen molar-refractivity contribution in [2.45, 2.75) is 25.4 Å². The quantitative estimate of drug-likeness (QED) is 0.742. The molecule has 0 bridgehead atoms. The highest BCUT2D eigenvalue weighted by Crippen LogP contribution is 2.26. The minimum absolute atomic E-state index is 0.0463. The van der Waals surface area contributed by atoms with E-state index in [0.29, 0.717) is 10.0 Å². The van der Waals surface area contributed by atoms with E-state index in [1.54, 1.807) is 18.2 Å². The number of carbonyl (C=O) groups is 1. The van der Waals surface area contributed by atoms with Gasteiger partial charge >= 0.3 is 6.03 Å². The van der Waals surface area contributed by atoms with Gasteiger partial charge in [0.25, 0.3) is 0 Å². The summed E-state index contributed by atoms with van der Waals surface area (Å²) in [6.45, 7) is 1.96. The molecule has 0 radical (unpaired) electrons. The smallest absolute Gasteiger partial charge is 0.315 e. The predicted octanol–water partition coefficient (Wildman–Crippen LogP) is 3.29. The van der Waals surface area contributed by atoms with Gasteiger partial charge in [0.2, 0.25) is 0 Å². The highest BCUT2D eigenvalue weighted by molar-refractivity contribution is 6.35. The number of amides is 2. The molecule has 4 nitrogen and oxygen atoms in total. The van der Waals surface area contributed by atoms with Crippen molar-refractivity contribution in [3.8, 4) is 0 Å². The van der Waals surface area contributed by atoms with Crippen molar-refractivity contribution in [2.75, 3.05) is 6.61 Å². The molecule has 0 saturated carbocycles. The van der Waals surface area contributed by atoms with Crippen molar-refractivity contribution >= 4 is 29.2 Å². The molecule has 3 N–H and O–H groups in total. The predicted molar refractivity (Wildman–Crippen MR) is 84.7 cm³/mol. The number of benzene rings is 1. The Balaban J connectivity index is 1.89. The van der Waals surface area contributed by atoms with Gasteiger partial charge in [-0.3, -0.25) is 0 Å². The molecule has 0 aromatic heterocycles. The van der Waals surface area contributed by atoms with E-state index in [0.717, 1.165) is 12.0 Å². The molecule has 6 heteroatoms. The number of aliphatic hydroxyl groups excluding tert-OH is 1. The van der Waals surface area contributed by atoms with Crippen LogP contribution in [0.1, 0.15) is 24.9 Å². The van der Waals surface area contributed by atoms with Gasteiger partial charge in [-0.1, -0.05) is 41.4 Å². The van der Waals surface area contributed by atoms with E-state index < -0.39 is 0 Å². The minimum atomic E-state index is -0.262. The van der Waals surface area contributed by atoms with Crippen LogP contribution in [-0.4, -0.2) is 23.8 Å². The first-order valence-electron chi connectivity index (χ1n) is 6.80. The summed E-state index contributed by atoms with van der Waals surface area (Å²) in [4.78, 5) is 12.0. The Morgan fingerprint density at radius 3 is 2.81 bits per heavy atom. The molecular weight excluding hydrogens is 311 g/mol. The van der Waals surface area contributed by atoms with E-state index in [4.69, 9.17) is 28.3 Å². The summed E-state index contributed by atoms with van der Waals surface area (Å²) in [5.74, 6) is 0.124. The standard InChI is InChI=1S/C15H18Cl2N2O2/c1-9(13-5-3-11(16)7-14(13)17)18-15(21)19-12-4-2-10(6-12)8-20/h2-5,7,9-10,12,20H,6,8H2,1H3,(H2,18,19,21)/t9-,10+,12-/m1/s1. The summed E-state index contributed by atoms with van der Waals surface area (Å²) in [6, 6.07) is 4.66. The van der Waals surface area contributed by atoms with Crippen molar-refractivity contribution in [2.24, 2.45) is 5.92 Å². The topological polar surface area (TPSA) is 61.4 Å².